The minimum atomic E-state index is -0.258. The number of aliphatic hydroxyl groups is 1. The summed E-state index contributed by atoms with van der Waals surface area (Å²) in [6.45, 7) is 7.21. The molecule has 1 saturated heterocycles. The molecule has 0 spiro atoms. The van der Waals surface area contributed by atoms with E-state index in [0.29, 0.717) is 13.2 Å². The minimum Gasteiger partial charge on any atom is -0.394 e. The fraction of sp³-hybridized carbons (Fsp3) is 0.688. The Labute approximate surface area is 130 Å². The van der Waals surface area contributed by atoms with Crippen LogP contribution in [0.15, 0.2) is 6.07 Å². The van der Waals surface area contributed by atoms with Gasteiger partial charge in [-0.3, -0.25) is 4.79 Å². The lowest BCUT2D eigenvalue weighted by molar-refractivity contribution is -0.0666. The molecule has 1 amide bonds. The lowest BCUT2D eigenvalue weighted by Gasteiger charge is -2.37. The first-order valence-corrected chi connectivity index (χ1v) is 8.57. The van der Waals surface area contributed by atoms with Crippen LogP contribution in [0.1, 0.15) is 47.3 Å². The van der Waals surface area contributed by atoms with Crippen molar-refractivity contribution >= 4 is 17.2 Å². The number of hydrogen-bond donors (Lipinski definition) is 1. The highest BCUT2D eigenvalue weighted by atomic mass is 32.1. The Bertz CT molecular complexity index is 486. The van der Waals surface area contributed by atoms with Gasteiger partial charge in [0.2, 0.25) is 0 Å². The average molecular weight is 311 g/mol. The van der Waals surface area contributed by atoms with Gasteiger partial charge >= 0.3 is 0 Å². The molecule has 4 nitrogen and oxygen atoms in total. The van der Waals surface area contributed by atoms with Crippen LogP contribution in [0.5, 0.6) is 0 Å². The first kappa shape index (κ1) is 16.5. The lowest BCUT2D eigenvalue weighted by Crippen LogP contribution is -2.51. The van der Waals surface area contributed by atoms with Crippen LogP contribution >= 0.6 is 11.3 Å². The van der Waals surface area contributed by atoms with Crippen LogP contribution in [0.3, 0.4) is 0 Å². The SMILES string of the molecule is CCCc1sc(C(=O)N2CC(CO)OCC2C)cc1CC. The van der Waals surface area contributed by atoms with Gasteiger partial charge in [0.15, 0.2) is 0 Å². The van der Waals surface area contributed by atoms with Gasteiger partial charge in [-0.2, -0.15) is 0 Å². The number of carbonyl (C=O) groups excluding carboxylic acids is 1. The summed E-state index contributed by atoms with van der Waals surface area (Å²) >= 11 is 1.63. The van der Waals surface area contributed by atoms with E-state index in [1.54, 1.807) is 11.3 Å². The van der Waals surface area contributed by atoms with Crippen molar-refractivity contribution in [1.29, 1.82) is 0 Å². The van der Waals surface area contributed by atoms with Gasteiger partial charge in [-0.25, -0.2) is 0 Å². The van der Waals surface area contributed by atoms with E-state index in [1.807, 2.05) is 17.9 Å². The maximum Gasteiger partial charge on any atom is 0.264 e. The van der Waals surface area contributed by atoms with E-state index < -0.39 is 0 Å². The van der Waals surface area contributed by atoms with Crippen molar-refractivity contribution in [3.63, 3.8) is 0 Å². The van der Waals surface area contributed by atoms with Gasteiger partial charge in [0.1, 0.15) is 0 Å². The number of amides is 1. The molecule has 1 aliphatic heterocycles. The first-order valence-electron chi connectivity index (χ1n) is 7.75. The van der Waals surface area contributed by atoms with Crippen LogP contribution < -0.4 is 0 Å². The summed E-state index contributed by atoms with van der Waals surface area (Å²) in [4.78, 5) is 16.8. The summed E-state index contributed by atoms with van der Waals surface area (Å²) in [6.07, 6.45) is 2.85. The Morgan fingerprint density at radius 2 is 2.29 bits per heavy atom. The highest BCUT2D eigenvalue weighted by molar-refractivity contribution is 7.14. The molecule has 0 saturated carbocycles. The van der Waals surface area contributed by atoms with E-state index >= 15 is 0 Å². The summed E-state index contributed by atoms with van der Waals surface area (Å²) in [5.41, 5.74) is 1.30. The normalized spacial score (nSPS) is 22.6. The molecule has 2 unspecified atom stereocenters. The maximum atomic E-state index is 12.8. The van der Waals surface area contributed by atoms with Gasteiger partial charge in [0, 0.05) is 11.4 Å². The van der Waals surface area contributed by atoms with Crippen molar-refractivity contribution in [2.24, 2.45) is 0 Å². The number of morpholine rings is 1. The maximum absolute atomic E-state index is 12.8. The zero-order valence-electron chi connectivity index (χ0n) is 13.1. The third kappa shape index (κ3) is 3.65. The third-order valence-electron chi connectivity index (χ3n) is 3.94. The number of ether oxygens (including phenoxy) is 1. The van der Waals surface area contributed by atoms with E-state index in [0.717, 1.165) is 24.1 Å². The standard InChI is InChI=1S/C16H25NO3S/c1-4-6-14-12(5-2)7-15(21-14)16(19)17-8-13(9-18)20-10-11(17)3/h7,11,13,18H,4-6,8-10H2,1-3H3. The predicted molar refractivity (Wildman–Crippen MR) is 85.0 cm³/mol. The second-order valence-electron chi connectivity index (χ2n) is 5.61. The van der Waals surface area contributed by atoms with Crippen molar-refractivity contribution < 1.29 is 14.6 Å². The molecule has 2 heterocycles. The summed E-state index contributed by atoms with van der Waals surface area (Å²) in [7, 11) is 0. The van der Waals surface area contributed by atoms with Crippen LogP contribution in [0.4, 0.5) is 0 Å². The topological polar surface area (TPSA) is 49.8 Å². The first-order chi connectivity index (χ1) is 10.1. The van der Waals surface area contributed by atoms with Crippen molar-refractivity contribution in [3.8, 4) is 0 Å². The summed E-state index contributed by atoms with van der Waals surface area (Å²) in [5.74, 6) is 0.0753. The number of thiophene rings is 1. The van der Waals surface area contributed by atoms with Crippen LogP contribution in [-0.2, 0) is 17.6 Å². The van der Waals surface area contributed by atoms with E-state index in [-0.39, 0.29) is 24.7 Å². The number of carbonyl (C=O) groups is 1. The Hall–Kier alpha value is -0.910. The van der Waals surface area contributed by atoms with Crippen LogP contribution in [0.25, 0.3) is 0 Å². The number of aryl methyl sites for hydroxylation is 2. The molecule has 1 fully saturated rings. The molecule has 2 rings (SSSR count). The average Bonchev–Trinajstić information content (AvgIpc) is 2.90. The number of hydrogen-bond acceptors (Lipinski definition) is 4. The van der Waals surface area contributed by atoms with Crippen LogP contribution in [0.2, 0.25) is 0 Å². The monoisotopic (exact) mass is 311 g/mol. The zero-order chi connectivity index (χ0) is 15.4. The van der Waals surface area contributed by atoms with E-state index in [9.17, 15) is 9.90 Å². The fourth-order valence-electron chi connectivity index (χ4n) is 2.66. The van der Waals surface area contributed by atoms with Crippen LogP contribution in [0, 0.1) is 0 Å². The Kier molecular flexibility index (Phi) is 5.79. The molecular weight excluding hydrogens is 286 g/mol. The molecule has 0 aromatic carbocycles. The third-order valence-corrected chi connectivity index (χ3v) is 5.16. The summed E-state index contributed by atoms with van der Waals surface area (Å²) in [5, 5.41) is 9.24. The fourth-order valence-corrected chi connectivity index (χ4v) is 3.97. The molecule has 118 valence electrons. The van der Waals surface area contributed by atoms with Crippen molar-refractivity contribution in [1.82, 2.24) is 4.90 Å². The van der Waals surface area contributed by atoms with Gasteiger partial charge in [-0.05, 0) is 31.4 Å². The Morgan fingerprint density at radius 3 is 2.90 bits per heavy atom. The van der Waals surface area contributed by atoms with Crippen molar-refractivity contribution in [3.05, 3.63) is 21.4 Å². The molecule has 2 atom stereocenters. The zero-order valence-corrected chi connectivity index (χ0v) is 13.9. The summed E-state index contributed by atoms with van der Waals surface area (Å²) in [6, 6.07) is 2.11. The van der Waals surface area contributed by atoms with Gasteiger partial charge in [-0.1, -0.05) is 20.3 Å². The molecule has 0 radical (unpaired) electrons. The second-order valence-corrected chi connectivity index (χ2v) is 6.74. The van der Waals surface area contributed by atoms with E-state index in [2.05, 4.69) is 13.8 Å². The van der Waals surface area contributed by atoms with Gasteiger partial charge in [0.05, 0.1) is 30.2 Å². The predicted octanol–water partition coefficient (Wildman–Crippen LogP) is 2.48. The molecule has 1 N–H and O–H groups in total. The molecule has 1 aliphatic rings. The number of nitrogens with zero attached hydrogens (tertiary/aromatic N) is 1. The summed E-state index contributed by atoms with van der Waals surface area (Å²) < 4.78 is 5.50. The second kappa shape index (κ2) is 7.38. The molecular formula is C16H25NO3S. The van der Waals surface area contributed by atoms with Crippen molar-refractivity contribution in [2.75, 3.05) is 19.8 Å². The smallest absolute Gasteiger partial charge is 0.264 e. The largest absolute Gasteiger partial charge is 0.394 e. The van der Waals surface area contributed by atoms with Crippen molar-refractivity contribution in [2.45, 2.75) is 52.2 Å². The molecule has 5 heteroatoms. The lowest BCUT2D eigenvalue weighted by atomic mass is 10.1. The minimum absolute atomic E-state index is 0.0394. The van der Waals surface area contributed by atoms with Gasteiger partial charge < -0.3 is 14.7 Å². The molecule has 1 aromatic rings. The quantitative estimate of drug-likeness (QED) is 0.909. The van der Waals surface area contributed by atoms with Gasteiger partial charge in [-0.15, -0.1) is 11.3 Å². The van der Waals surface area contributed by atoms with E-state index in [4.69, 9.17) is 4.74 Å². The highest BCUT2D eigenvalue weighted by Gasteiger charge is 2.30. The Balaban J connectivity index is 2.18. The Morgan fingerprint density at radius 1 is 1.52 bits per heavy atom. The van der Waals surface area contributed by atoms with Gasteiger partial charge in [0.25, 0.3) is 5.91 Å². The number of rotatable bonds is 5. The van der Waals surface area contributed by atoms with Crippen LogP contribution in [-0.4, -0.2) is 47.8 Å². The number of aliphatic hydroxyl groups excluding tert-OH is 1. The van der Waals surface area contributed by atoms with E-state index in [1.165, 1.54) is 10.4 Å². The highest BCUT2D eigenvalue weighted by Crippen LogP contribution is 2.27. The molecule has 0 aliphatic carbocycles. The molecule has 21 heavy (non-hydrogen) atoms. The molecule has 0 bridgehead atoms. The molecule has 1 aromatic heterocycles.